The lowest BCUT2D eigenvalue weighted by Gasteiger charge is -2.39. The summed E-state index contributed by atoms with van der Waals surface area (Å²) in [6.45, 7) is 7.33. The third kappa shape index (κ3) is 3.85. The summed E-state index contributed by atoms with van der Waals surface area (Å²) in [4.78, 5) is 31.2. The number of nitrogens with zero attached hydrogens (tertiary/aromatic N) is 3. The zero-order valence-corrected chi connectivity index (χ0v) is 16.0. The lowest BCUT2D eigenvalue weighted by Crippen LogP contribution is -2.57. The minimum Gasteiger partial charge on any atom is -0.495 e. The van der Waals surface area contributed by atoms with E-state index in [0.717, 1.165) is 37.5 Å². The number of benzene rings is 1. The summed E-state index contributed by atoms with van der Waals surface area (Å²) < 4.78 is 5.37. The third-order valence-corrected chi connectivity index (χ3v) is 5.63. The Labute approximate surface area is 155 Å². The van der Waals surface area contributed by atoms with Crippen molar-refractivity contribution < 1.29 is 14.3 Å². The fourth-order valence-electron chi connectivity index (χ4n) is 3.81. The molecule has 0 saturated carbocycles. The quantitative estimate of drug-likeness (QED) is 0.825. The molecule has 2 aliphatic rings. The highest BCUT2D eigenvalue weighted by atomic mass is 16.5. The van der Waals surface area contributed by atoms with Gasteiger partial charge in [0.2, 0.25) is 11.8 Å². The van der Waals surface area contributed by atoms with Crippen molar-refractivity contribution in [3.8, 4) is 5.75 Å². The number of anilines is 1. The van der Waals surface area contributed by atoms with Crippen molar-refractivity contribution in [2.45, 2.75) is 32.7 Å². The van der Waals surface area contributed by atoms with Crippen LogP contribution in [0.5, 0.6) is 5.75 Å². The van der Waals surface area contributed by atoms with Crippen LogP contribution < -0.4 is 9.64 Å². The molecule has 142 valence electrons. The van der Waals surface area contributed by atoms with Crippen LogP contribution in [0.1, 0.15) is 26.7 Å². The van der Waals surface area contributed by atoms with Gasteiger partial charge in [0.15, 0.2) is 0 Å². The van der Waals surface area contributed by atoms with Gasteiger partial charge in [0.1, 0.15) is 12.3 Å². The molecule has 1 atom stereocenters. The first-order chi connectivity index (χ1) is 12.5. The molecule has 0 unspecified atom stereocenters. The Kier molecular flexibility index (Phi) is 5.81. The van der Waals surface area contributed by atoms with Crippen LogP contribution in [0.15, 0.2) is 24.3 Å². The highest BCUT2D eigenvalue weighted by Gasteiger charge is 2.33. The maximum Gasteiger partial charge on any atom is 0.246 e. The molecule has 3 rings (SSSR count). The number of amides is 2. The molecule has 2 amide bonds. The third-order valence-electron chi connectivity index (χ3n) is 5.63. The van der Waals surface area contributed by atoms with E-state index in [0.29, 0.717) is 18.8 Å². The molecule has 0 N–H and O–H groups in total. The number of hydrogen-bond acceptors (Lipinski definition) is 4. The molecule has 1 aromatic carbocycles. The number of carbonyl (C=O) groups is 2. The topological polar surface area (TPSA) is 53.1 Å². The Hall–Kier alpha value is -2.08. The largest absolute Gasteiger partial charge is 0.495 e. The second-order valence-corrected chi connectivity index (χ2v) is 7.37. The maximum atomic E-state index is 12.9. The van der Waals surface area contributed by atoms with Gasteiger partial charge in [-0.3, -0.25) is 14.5 Å². The van der Waals surface area contributed by atoms with Gasteiger partial charge in [0.05, 0.1) is 18.8 Å². The molecule has 0 spiro atoms. The van der Waals surface area contributed by atoms with E-state index in [9.17, 15) is 9.59 Å². The number of methoxy groups -OCH3 is 1. The molecule has 2 saturated heterocycles. The van der Waals surface area contributed by atoms with Gasteiger partial charge in [-0.1, -0.05) is 19.1 Å². The lowest BCUT2D eigenvalue weighted by atomic mass is 9.98. The van der Waals surface area contributed by atoms with Gasteiger partial charge in [-0.15, -0.1) is 0 Å². The zero-order chi connectivity index (χ0) is 18.7. The van der Waals surface area contributed by atoms with Crippen LogP contribution in [0, 0.1) is 5.92 Å². The van der Waals surface area contributed by atoms with E-state index in [-0.39, 0.29) is 24.4 Å². The fraction of sp³-hybridized carbons (Fsp3) is 0.600. The van der Waals surface area contributed by atoms with Crippen molar-refractivity contribution in [2.75, 3.05) is 44.7 Å². The molecule has 2 aliphatic heterocycles. The molecule has 6 nitrogen and oxygen atoms in total. The first-order valence-corrected chi connectivity index (χ1v) is 9.47. The highest BCUT2D eigenvalue weighted by molar-refractivity contribution is 5.99. The van der Waals surface area contributed by atoms with Crippen molar-refractivity contribution >= 4 is 17.5 Å². The van der Waals surface area contributed by atoms with E-state index in [1.54, 1.807) is 16.9 Å². The SMILES string of the molecule is COc1ccccc1N1CCN(C(=O)[C@H](C)N2CCC(C)CC2)CC1=O. The first kappa shape index (κ1) is 18.7. The molecule has 6 heteroatoms. The van der Waals surface area contributed by atoms with Gasteiger partial charge in [-0.2, -0.15) is 0 Å². The second kappa shape index (κ2) is 8.08. The summed E-state index contributed by atoms with van der Waals surface area (Å²) in [7, 11) is 1.60. The summed E-state index contributed by atoms with van der Waals surface area (Å²) in [6.07, 6.45) is 2.27. The van der Waals surface area contributed by atoms with Gasteiger partial charge in [-0.25, -0.2) is 0 Å². The number of hydrogen-bond donors (Lipinski definition) is 0. The summed E-state index contributed by atoms with van der Waals surface area (Å²) in [5.74, 6) is 1.41. The molecule has 1 aromatic rings. The predicted octanol–water partition coefficient (Wildman–Crippen LogP) is 1.99. The normalized spacial score (nSPS) is 21.0. The lowest BCUT2D eigenvalue weighted by molar-refractivity contribution is -0.141. The van der Waals surface area contributed by atoms with Crippen LogP contribution in [-0.4, -0.2) is 67.5 Å². The molecular weight excluding hydrogens is 330 g/mol. The number of ether oxygens (including phenoxy) is 1. The van der Waals surface area contributed by atoms with Crippen LogP contribution in [0.2, 0.25) is 0 Å². The molecule has 2 heterocycles. The number of carbonyl (C=O) groups excluding carboxylic acids is 2. The maximum absolute atomic E-state index is 12.9. The van der Waals surface area contributed by atoms with Gasteiger partial charge >= 0.3 is 0 Å². The number of likely N-dealkylation sites (tertiary alicyclic amines) is 1. The zero-order valence-electron chi connectivity index (χ0n) is 16.0. The predicted molar refractivity (Wildman–Crippen MR) is 101 cm³/mol. The fourth-order valence-corrected chi connectivity index (χ4v) is 3.81. The summed E-state index contributed by atoms with van der Waals surface area (Å²) >= 11 is 0. The van der Waals surface area contributed by atoms with E-state index < -0.39 is 0 Å². The Morgan fingerprint density at radius 3 is 2.50 bits per heavy atom. The van der Waals surface area contributed by atoms with E-state index >= 15 is 0 Å². The number of rotatable bonds is 4. The molecule has 0 radical (unpaired) electrons. The van der Waals surface area contributed by atoms with Crippen LogP contribution in [-0.2, 0) is 9.59 Å². The monoisotopic (exact) mass is 359 g/mol. The number of piperidine rings is 1. The number of piperazine rings is 1. The first-order valence-electron chi connectivity index (χ1n) is 9.47. The standard InChI is InChI=1S/C20H29N3O3/c1-15-8-10-21(11-9-15)16(2)20(25)22-12-13-23(19(24)14-22)17-6-4-5-7-18(17)26-3/h4-7,15-16H,8-14H2,1-3H3/t16-/m0/s1. The Morgan fingerprint density at radius 1 is 1.15 bits per heavy atom. The van der Waals surface area contributed by atoms with Crippen LogP contribution in [0.25, 0.3) is 0 Å². The van der Waals surface area contributed by atoms with E-state index in [2.05, 4.69) is 11.8 Å². The number of para-hydroxylation sites is 2. The van der Waals surface area contributed by atoms with Gasteiger partial charge in [0, 0.05) is 13.1 Å². The average Bonchev–Trinajstić information content (AvgIpc) is 2.67. The van der Waals surface area contributed by atoms with E-state index in [1.807, 2.05) is 31.2 Å². The highest BCUT2D eigenvalue weighted by Crippen LogP contribution is 2.29. The molecule has 0 bridgehead atoms. The van der Waals surface area contributed by atoms with Crippen LogP contribution in [0.3, 0.4) is 0 Å². The van der Waals surface area contributed by atoms with E-state index in [4.69, 9.17) is 4.74 Å². The van der Waals surface area contributed by atoms with Crippen molar-refractivity contribution in [3.05, 3.63) is 24.3 Å². The molecule has 26 heavy (non-hydrogen) atoms. The minimum absolute atomic E-state index is 0.0615. The van der Waals surface area contributed by atoms with Gasteiger partial charge in [-0.05, 0) is 50.9 Å². The average molecular weight is 359 g/mol. The van der Waals surface area contributed by atoms with Crippen molar-refractivity contribution in [3.63, 3.8) is 0 Å². The Morgan fingerprint density at radius 2 is 1.85 bits per heavy atom. The smallest absolute Gasteiger partial charge is 0.246 e. The molecule has 0 aliphatic carbocycles. The molecular formula is C20H29N3O3. The van der Waals surface area contributed by atoms with E-state index in [1.165, 1.54) is 0 Å². The Bertz CT molecular complexity index is 655. The summed E-state index contributed by atoms with van der Waals surface area (Å²) in [5, 5.41) is 0. The van der Waals surface area contributed by atoms with Crippen LogP contribution in [0.4, 0.5) is 5.69 Å². The van der Waals surface area contributed by atoms with Gasteiger partial charge in [0.25, 0.3) is 0 Å². The van der Waals surface area contributed by atoms with Crippen LogP contribution >= 0.6 is 0 Å². The summed E-state index contributed by atoms with van der Waals surface area (Å²) in [5.41, 5.74) is 0.769. The molecule has 2 fully saturated rings. The minimum atomic E-state index is -0.159. The van der Waals surface area contributed by atoms with Gasteiger partial charge < -0.3 is 14.5 Å². The van der Waals surface area contributed by atoms with Crippen molar-refractivity contribution in [1.29, 1.82) is 0 Å². The Balaban J connectivity index is 1.63. The molecule has 0 aromatic heterocycles. The second-order valence-electron chi connectivity index (χ2n) is 7.37. The van der Waals surface area contributed by atoms with Crippen molar-refractivity contribution in [2.24, 2.45) is 5.92 Å². The van der Waals surface area contributed by atoms with Crippen molar-refractivity contribution in [1.82, 2.24) is 9.80 Å². The summed E-state index contributed by atoms with van der Waals surface area (Å²) in [6, 6.07) is 7.34.